The maximum absolute atomic E-state index is 17.6. The molecule has 0 fully saturated rings. The Morgan fingerprint density at radius 1 is 0.721 bits per heavy atom. The second-order valence-corrected chi connectivity index (χ2v) is 13.6. The van der Waals surface area contributed by atoms with E-state index >= 15 is 8.63 Å². The molecule has 0 saturated carbocycles. The minimum absolute atomic E-state index is 0.154. The van der Waals surface area contributed by atoms with Crippen LogP contribution in [0.2, 0.25) is 0 Å². The van der Waals surface area contributed by atoms with Gasteiger partial charge in [0.05, 0.1) is 22.6 Å². The van der Waals surface area contributed by atoms with Crippen LogP contribution in [-0.4, -0.2) is 27.4 Å². The van der Waals surface area contributed by atoms with Crippen LogP contribution in [0.1, 0.15) is 63.9 Å². The molecule has 7 rings (SSSR count). The summed E-state index contributed by atoms with van der Waals surface area (Å²) in [6.07, 6.45) is 0. The summed E-state index contributed by atoms with van der Waals surface area (Å²) in [6, 6.07) is 30.7. The highest BCUT2D eigenvalue weighted by atomic mass is 19.2. The highest BCUT2D eigenvalue weighted by molar-refractivity contribution is 6.68. The van der Waals surface area contributed by atoms with E-state index in [0.717, 1.165) is 22.2 Å². The quantitative estimate of drug-likeness (QED) is 0.215. The smallest absolute Gasteiger partial charge is 0.389 e. The Morgan fingerprint density at radius 3 is 2.07 bits per heavy atom. The van der Waals surface area contributed by atoms with Crippen molar-refractivity contribution in [3.63, 3.8) is 0 Å². The summed E-state index contributed by atoms with van der Waals surface area (Å²) in [5.41, 5.74) is 6.74. The van der Waals surface area contributed by atoms with Crippen LogP contribution in [0, 0.1) is 0 Å². The van der Waals surface area contributed by atoms with Gasteiger partial charge in [0.2, 0.25) is 0 Å². The number of aromatic nitrogens is 1. The number of para-hydroxylation sites is 4. The topological polar surface area (TPSA) is 32.3 Å². The summed E-state index contributed by atoms with van der Waals surface area (Å²) in [5.74, 6) is 0. The molecule has 0 amide bonds. The molecule has 0 saturated heterocycles. The Kier molecular flexibility index (Phi) is 5.87. The van der Waals surface area contributed by atoms with Gasteiger partial charge in [-0.1, -0.05) is 108 Å². The summed E-state index contributed by atoms with van der Waals surface area (Å²) >= 11 is 0. The second kappa shape index (κ2) is 9.24. The molecule has 1 N–H and O–H groups in total. The zero-order valence-electron chi connectivity index (χ0n) is 25.4. The number of benzene rings is 4. The molecule has 216 valence electrons. The molecule has 1 aromatic heterocycles. The third-order valence-electron chi connectivity index (χ3n) is 8.58. The van der Waals surface area contributed by atoms with Gasteiger partial charge < -0.3 is 22.9 Å². The van der Waals surface area contributed by atoms with E-state index in [0.29, 0.717) is 45.3 Å². The monoisotopic (exact) mass is 572 g/mol. The fourth-order valence-electron chi connectivity index (χ4n) is 6.68. The lowest BCUT2D eigenvalue weighted by atomic mass is 9.81. The lowest BCUT2D eigenvalue weighted by Gasteiger charge is -2.34. The largest absolute Gasteiger partial charge is 0.738 e. The highest BCUT2D eigenvalue weighted by Gasteiger charge is 2.56. The first-order valence-corrected chi connectivity index (χ1v) is 14.9. The standard InChI is InChI=1S/C36H35BF2N4/c1-35(2,3)25-17-9-12-20-28(25)41-31-24-16-8-13-21-29(24)42-34(31)32-33(23-15-7-11-19-27(23)40-32)43(37(42,38)39)30-22-14-10-18-26(30)36(4,5)6/h7-22,41H,1-6H3. The number of fused-ring (bicyclic) bond motifs is 7. The van der Waals surface area contributed by atoms with Crippen LogP contribution in [0.25, 0.3) is 10.9 Å². The first kappa shape index (κ1) is 27.3. The molecule has 0 aliphatic carbocycles. The molecule has 0 bridgehead atoms. The Hall–Kier alpha value is -4.52. The molecule has 7 heteroatoms. The van der Waals surface area contributed by atoms with Crippen LogP contribution in [0.15, 0.2) is 102 Å². The molecule has 2 aliphatic heterocycles. The van der Waals surface area contributed by atoms with Crippen LogP contribution in [0.3, 0.4) is 0 Å². The second-order valence-electron chi connectivity index (χ2n) is 13.6. The summed E-state index contributed by atoms with van der Waals surface area (Å²) in [7, 11) is 0. The number of nitrogens with zero attached hydrogens (tertiary/aromatic N) is 3. The first-order valence-electron chi connectivity index (χ1n) is 14.9. The lowest BCUT2D eigenvalue weighted by Crippen LogP contribution is -2.54. The van der Waals surface area contributed by atoms with Crippen molar-refractivity contribution < 1.29 is 13.1 Å². The van der Waals surface area contributed by atoms with Crippen LogP contribution >= 0.6 is 0 Å². The van der Waals surface area contributed by atoms with Gasteiger partial charge in [0.15, 0.2) is 17.1 Å². The highest BCUT2D eigenvalue weighted by Crippen LogP contribution is 2.47. The number of rotatable bonds is 3. The van der Waals surface area contributed by atoms with E-state index in [4.69, 9.17) is 4.99 Å². The maximum atomic E-state index is 17.6. The van der Waals surface area contributed by atoms with Gasteiger partial charge in [-0.2, -0.15) is 0 Å². The molecule has 3 heterocycles. The summed E-state index contributed by atoms with van der Waals surface area (Å²) in [5, 5.41) is 4.37. The molecule has 43 heavy (non-hydrogen) atoms. The van der Waals surface area contributed by atoms with Crippen LogP contribution in [0.4, 0.5) is 31.4 Å². The van der Waals surface area contributed by atoms with Crippen molar-refractivity contribution >= 4 is 52.0 Å². The average molecular weight is 573 g/mol. The SMILES string of the molecule is CC(C)(C)c1ccccc1Nc1c2n(c3ccccc13)[B-](F)(F)[N+](c1ccccc1C(C)(C)C)=C1C2=Nc2ccccc21. The minimum atomic E-state index is -4.36. The normalized spacial score (nSPS) is 15.7. The third-order valence-corrected chi connectivity index (χ3v) is 8.58. The molecule has 4 nitrogen and oxygen atoms in total. The van der Waals surface area contributed by atoms with Crippen molar-refractivity contribution in [2.75, 3.05) is 5.32 Å². The van der Waals surface area contributed by atoms with E-state index in [1.54, 1.807) is 6.07 Å². The molecule has 5 aromatic rings. The van der Waals surface area contributed by atoms with Crippen molar-refractivity contribution in [1.82, 2.24) is 4.48 Å². The molecule has 0 radical (unpaired) electrons. The number of anilines is 2. The first-order chi connectivity index (χ1) is 20.4. The average Bonchev–Trinajstić information content (AvgIpc) is 3.49. The van der Waals surface area contributed by atoms with E-state index in [1.165, 1.54) is 8.96 Å². The Balaban J connectivity index is 1.59. The van der Waals surface area contributed by atoms with Gasteiger partial charge >= 0.3 is 6.97 Å². The van der Waals surface area contributed by atoms with Crippen molar-refractivity contribution in [1.29, 1.82) is 0 Å². The summed E-state index contributed by atoms with van der Waals surface area (Å²) in [4.78, 5) is 5.07. The van der Waals surface area contributed by atoms with E-state index in [1.807, 2.05) is 84.9 Å². The zero-order valence-corrected chi connectivity index (χ0v) is 25.4. The van der Waals surface area contributed by atoms with Crippen molar-refractivity contribution in [3.8, 4) is 0 Å². The minimum Gasteiger partial charge on any atom is -0.389 e. The molecule has 2 aliphatic rings. The molecule has 0 unspecified atom stereocenters. The summed E-state index contributed by atoms with van der Waals surface area (Å²) < 4.78 is 37.8. The van der Waals surface area contributed by atoms with Gasteiger partial charge in [-0.15, -0.1) is 0 Å². The third kappa shape index (κ3) is 4.09. The van der Waals surface area contributed by atoms with Crippen LogP contribution in [-0.2, 0) is 10.8 Å². The zero-order chi connectivity index (χ0) is 30.3. The maximum Gasteiger partial charge on any atom is 0.738 e. The molecular formula is C36H35BF2N4. The van der Waals surface area contributed by atoms with Crippen LogP contribution < -0.4 is 5.32 Å². The number of hydrogen-bond acceptors (Lipinski definition) is 2. The van der Waals surface area contributed by atoms with Crippen molar-refractivity contribution in [2.45, 2.75) is 52.4 Å². The van der Waals surface area contributed by atoms with E-state index in [9.17, 15) is 0 Å². The predicted octanol–water partition coefficient (Wildman–Crippen LogP) is 9.48. The number of hydrogen-bond donors (Lipinski definition) is 1. The lowest BCUT2D eigenvalue weighted by molar-refractivity contribution is -0.330. The Morgan fingerprint density at radius 2 is 1.33 bits per heavy atom. The predicted molar refractivity (Wildman–Crippen MR) is 176 cm³/mol. The molecule has 0 atom stereocenters. The summed E-state index contributed by atoms with van der Waals surface area (Å²) in [6.45, 7) is 8.31. The molecule has 4 aromatic carbocycles. The van der Waals surface area contributed by atoms with E-state index in [-0.39, 0.29) is 10.8 Å². The van der Waals surface area contributed by atoms with Gasteiger partial charge in [-0.3, -0.25) is 0 Å². The number of aliphatic imine (C=N–C) groups is 1. The Labute approximate surface area is 251 Å². The fourth-order valence-corrected chi connectivity index (χ4v) is 6.68. The van der Waals surface area contributed by atoms with E-state index < -0.39 is 6.97 Å². The molecular weight excluding hydrogens is 537 g/mol. The van der Waals surface area contributed by atoms with Gasteiger partial charge in [0, 0.05) is 28.2 Å². The van der Waals surface area contributed by atoms with E-state index in [2.05, 4.69) is 52.9 Å². The fraction of sp³-hybridized carbons (Fsp3) is 0.222. The van der Waals surface area contributed by atoms with Crippen LogP contribution in [0.5, 0.6) is 0 Å². The van der Waals surface area contributed by atoms with Crippen molar-refractivity contribution in [3.05, 3.63) is 119 Å². The number of nitrogens with one attached hydrogen (secondary N) is 1. The number of halogens is 2. The van der Waals surface area contributed by atoms with Crippen molar-refractivity contribution in [2.24, 2.45) is 4.99 Å². The van der Waals surface area contributed by atoms with Gasteiger partial charge in [-0.05, 0) is 40.7 Å². The van der Waals surface area contributed by atoms with Gasteiger partial charge in [-0.25, -0.2) is 4.99 Å². The molecule has 0 spiro atoms. The van der Waals surface area contributed by atoms with Gasteiger partial charge in [0.25, 0.3) is 0 Å². The van der Waals surface area contributed by atoms with Gasteiger partial charge in [0.1, 0.15) is 0 Å². The Bertz CT molecular complexity index is 2000.